The molecule has 1 aromatic rings. The second-order valence-corrected chi connectivity index (χ2v) is 18.1. The first-order chi connectivity index (χ1) is 32.7. The predicted octanol–water partition coefficient (Wildman–Crippen LogP) is -1.07. The van der Waals surface area contributed by atoms with Gasteiger partial charge in [-0.05, 0) is 56.9 Å². The summed E-state index contributed by atoms with van der Waals surface area (Å²) in [5, 5.41) is 42.2. The highest BCUT2D eigenvalue weighted by molar-refractivity contribution is 5.98. The van der Waals surface area contributed by atoms with Crippen molar-refractivity contribution in [3.63, 3.8) is 0 Å². The molecule has 0 spiro atoms. The molecule has 0 fully saturated rings. The number of terminal acetylenes is 1. The van der Waals surface area contributed by atoms with Crippen molar-refractivity contribution in [1.82, 2.24) is 47.9 Å². The quantitative estimate of drug-likeness (QED) is 0.0410. The zero-order valence-corrected chi connectivity index (χ0v) is 42.0. The summed E-state index contributed by atoms with van der Waals surface area (Å²) in [4.78, 5) is 131. The third-order valence-electron chi connectivity index (χ3n) is 11.6. The highest BCUT2D eigenvalue weighted by Crippen LogP contribution is 2.18. The summed E-state index contributed by atoms with van der Waals surface area (Å²) in [7, 11) is 0. The standard InChI is InChI=1S/C48H76N10O12/c1-12-19-32(55-47(70)48(11,49)31-21-17-16-18-22-31)41(63)52-29(9)40(62)50-24-35(60)56-37(27(7)14-3)43(65)51-25-36(61)57-38(28(8)15-4)44(66)54-34(23-26(5)6)42(64)58-39(30(10)59)45(67)53-33(20-13-2)46(68)69/h2,16-18,21-22,26-30,32-34,37-39,59H,12,14-15,19-20,23-25,49H2,1,3-11H3,(H,50,62)(H,51,65)(H,52,63)(H,53,67)(H,54,66)(H,55,70)(H,56,60)(H,57,61)(H,58,64)(H,68,69)/t27-,28-,29-,30+,32+,33-,34-,37-,38-,39-,48+/m0/s1. The third kappa shape index (κ3) is 20.2. The van der Waals surface area contributed by atoms with Crippen molar-refractivity contribution in [2.24, 2.45) is 23.5 Å². The number of nitrogens with one attached hydrogen (secondary N) is 9. The molecule has 390 valence electrons. The summed E-state index contributed by atoms with van der Waals surface area (Å²) >= 11 is 0. The van der Waals surface area contributed by atoms with E-state index in [0.717, 1.165) is 0 Å². The normalized spacial score (nSPS) is 16.2. The summed E-state index contributed by atoms with van der Waals surface area (Å²) in [5.74, 6) is -7.31. The summed E-state index contributed by atoms with van der Waals surface area (Å²) in [5.41, 5.74) is 5.42. The molecular weight excluding hydrogens is 909 g/mol. The number of carbonyl (C=O) groups is 10. The molecule has 0 saturated carbocycles. The van der Waals surface area contributed by atoms with Gasteiger partial charge in [0.25, 0.3) is 0 Å². The van der Waals surface area contributed by atoms with Gasteiger partial charge in [0.1, 0.15) is 47.8 Å². The molecule has 22 nitrogen and oxygen atoms in total. The van der Waals surface area contributed by atoms with Crippen LogP contribution < -0.4 is 53.6 Å². The van der Waals surface area contributed by atoms with Crippen LogP contribution in [0.25, 0.3) is 0 Å². The number of rotatable bonds is 30. The lowest BCUT2D eigenvalue weighted by Gasteiger charge is -2.29. The number of carboxylic acids is 1. The number of benzene rings is 1. The number of hydrogen-bond donors (Lipinski definition) is 12. The van der Waals surface area contributed by atoms with Gasteiger partial charge in [0.05, 0.1) is 19.2 Å². The van der Waals surface area contributed by atoms with E-state index in [-0.39, 0.29) is 25.2 Å². The Bertz CT molecular complexity index is 2010. The molecule has 70 heavy (non-hydrogen) atoms. The molecular formula is C48H76N10O12. The van der Waals surface area contributed by atoms with Crippen LogP contribution >= 0.6 is 0 Å². The van der Waals surface area contributed by atoms with Crippen molar-refractivity contribution < 1.29 is 58.2 Å². The van der Waals surface area contributed by atoms with Crippen molar-refractivity contribution >= 4 is 59.1 Å². The van der Waals surface area contributed by atoms with Gasteiger partial charge in [-0.25, -0.2) is 4.79 Å². The second-order valence-electron chi connectivity index (χ2n) is 18.1. The molecule has 0 saturated heterocycles. The number of hydrogen-bond acceptors (Lipinski definition) is 12. The Morgan fingerprint density at radius 1 is 0.629 bits per heavy atom. The van der Waals surface area contributed by atoms with Crippen LogP contribution in [-0.2, 0) is 53.5 Å². The molecule has 1 aromatic carbocycles. The Morgan fingerprint density at radius 3 is 1.59 bits per heavy atom. The van der Waals surface area contributed by atoms with Crippen molar-refractivity contribution in [3.05, 3.63) is 35.9 Å². The van der Waals surface area contributed by atoms with Crippen molar-refractivity contribution in [1.29, 1.82) is 0 Å². The number of aliphatic hydroxyl groups is 1. The van der Waals surface area contributed by atoms with E-state index in [9.17, 15) is 58.2 Å². The number of amides is 9. The van der Waals surface area contributed by atoms with Gasteiger partial charge in [-0.3, -0.25) is 43.2 Å². The Morgan fingerprint density at radius 2 is 1.11 bits per heavy atom. The van der Waals surface area contributed by atoms with Gasteiger partial charge in [0, 0.05) is 6.42 Å². The van der Waals surface area contributed by atoms with Gasteiger partial charge in [0.15, 0.2) is 0 Å². The first-order valence-corrected chi connectivity index (χ1v) is 23.6. The molecule has 0 aliphatic carbocycles. The molecule has 1 rings (SSSR count). The monoisotopic (exact) mass is 985 g/mol. The molecule has 9 amide bonds. The molecule has 0 heterocycles. The first kappa shape index (κ1) is 61.4. The highest BCUT2D eigenvalue weighted by atomic mass is 16.4. The minimum absolute atomic E-state index is 0.0608. The van der Waals surface area contributed by atoms with E-state index in [0.29, 0.717) is 24.8 Å². The van der Waals surface area contributed by atoms with Gasteiger partial charge < -0.3 is 63.8 Å². The third-order valence-corrected chi connectivity index (χ3v) is 11.6. The first-order valence-electron chi connectivity index (χ1n) is 23.6. The number of nitrogens with two attached hydrogens (primary N) is 1. The molecule has 0 aliphatic heterocycles. The molecule has 0 unspecified atom stereocenters. The van der Waals surface area contributed by atoms with Crippen LogP contribution in [0, 0.1) is 30.1 Å². The number of carbonyl (C=O) groups excluding carboxylic acids is 9. The van der Waals surface area contributed by atoms with E-state index < -0.39 is 138 Å². The molecule has 22 heteroatoms. The van der Waals surface area contributed by atoms with E-state index in [1.54, 1.807) is 71.9 Å². The average molecular weight is 985 g/mol. The average Bonchev–Trinajstić information content (AvgIpc) is 3.31. The maximum Gasteiger partial charge on any atom is 0.327 e. The van der Waals surface area contributed by atoms with Gasteiger partial charge in [-0.1, -0.05) is 98.1 Å². The van der Waals surface area contributed by atoms with Gasteiger partial charge in [-0.15, -0.1) is 12.3 Å². The Labute approximate surface area is 410 Å². The fourth-order valence-electron chi connectivity index (χ4n) is 6.81. The van der Waals surface area contributed by atoms with E-state index in [4.69, 9.17) is 12.2 Å². The maximum absolute atomic E-state index is 13.8. The smallest absolute Gasteiger partial charge is 0.327 e. The predicted molar refractivity (Wildman–Crippen MR) is 259 cm³/mol. The number of aliphatic carboxylic acids is 1. The summed E-state index contributed by atoms with van der Waals surface area (Å²) in [6.07, 6.45) is 5.00. The fourth-order valence-corrected chi connectivity index (χ4v) is 6.81. The lowest BCUT2D eigenvalue weighted by molar-refractivity contribution is -0.143. The van der Waals surface area contributed by atoms with Crippen LogP contribution in [-0.4, -0.2) is 131 Å². The fraction of sp³-hybridized carbons (Fsp3) is 0.625. The summed E-state index contributed by atoms with van der Waals surface area (Å²) < 4.78 is 0. The van der Waals surface area contributed by atoms with E-state index >= 15 is 0 Å². The van der Waals surface area contributed by atoms with Crippen molar-refractivity contribution in [3.8, 4) is 12.3 Å². The largest absolute Gasteiger partial charge is 0.480 e. The Hall–Kier alpha value is -6.60. The van der Waals surface area contributed by atoms with Crippen LogP contribution in [0.15, 0.2) is 30.3 Å². The zero-order valence-electron chi connectivity index (χ0n) is 42.0. The molecule has 0 aliphatic rings. The minimum atomic E-state index is -1.62. The van der Waals surface area contributed by atoms with Crippen LogP contribution in [0.1, 0.15) is 113 Å². The van der Waals surface area contributed by atoms with Crippen molar-refractivity contribution in [2.45, 2.75) is 162 Å². The number of carboxylic acid groups (broad SMARTS) is 1. The molecule has 11 atom stereocenters. The van der Waals surface area contributed by atoms with E-state index in [2.05, 4.69) is 53.8 Å². The van der Waals surface area contributed by atoms with E-state index in [1.807, 2.05) is 6.92 Å². The SMILES string of the molecule is C#CC[C@H](NC(=O)[C@@H](NC(=O)[C@H](CC(C)C)NC(=O)[C@@H](NC(=O)CNC(=O)[C@@H](NC(=O)CNC(=O)[C@H](C)NC(=O)[C@@H](CCC)NC(=O)[C@](C)(N)c1ccccc1)[C@@H](C)CC)[C@@H](C)CC)[C@@H](C)O)C(=O)O. The summed E-state index contributed by atoms with van der Waals surface area (Å²) in [6, 6.07) is -0.288. The Balaban J connectivity index is 2.98. The van der Waals surface area contributed by atoms with Crippen LogP contribution in [0.4, 0.5) is 0 Å². The maximum atomic E-state index is 13.8. The van der Waals surface area contributed by atoms with Gasteiger partial charge in [0.2, 0.25) is 53.2 Å². The van der Waals surface area contributed by atoms with E-state index in [1.165, 1.54) is 20.8 Å². The lowest BCUT2D eigenvalue weighted by atomic mass is 9.91. The van der Waals surface area contributed by atoms with Crippen LogP contribution in [0.3, 0.4) is 0 Å². The molecule has 0 bridgehead atoms. The van der Waals surface area contributed by atoms with Gasteiger partial charge >= 0.3 is 5.97 Å². The summed E-state index contributed by atoms with van der Waals surface area (Å²) in [6.45, 7) is 15.2. The van der Waals surface area contributed by atoms with Crippen LogP contribution in [0.2, 0.25) is 0 Å². The number of aliphatic hydroxyl groups excluding tert-OH is 1. The van der Waals surface area contributed by atoms with Gasteiger partial charge in [-0.2, -0.15) is 0 Å². The van der Waals surface area contributed by atoms with Crippen LogP contribution in [0.5, 0.6) is 0 Å². The molecule has 0 radical (unpaired) electrons. The lowest BCUT2D eigenvalue weighted by Crippen LogP contribution is -2.61. The highest BCUT2D eigenvalue weighted by Gasteiger charge is 2.36. The zero-order chi connectivity index (χ0) is 53.5. The Kier molecular flexibility index (Phi) is 26.4. The second kappa shape index (κ2) is 30.1. The van der Waals surface area contributed by atoms with Crippen molar-refractivity contribution in [2.75, 3.05) is 13.1 Å². The molecule has 0 aromatic heterocycles. The minimum Gasteiger partial charge on any atom is -0.480 e. The molecule has 13 N–H and O–H groups in total. The topological polar surface area (TPSA) is 345 Å².